The smallest absolute Gasteiger partial charge is 0.273 e. The van der Waals surface area contributed by atoms with Crippen LogP contribution in [0.5, 0.6) is 11.5 Å². The van der Waals surface area contributed by atoms with E-state index in [-0.39, 0.29) is 17.7 Å². The number of hydrogen-bond acceptors (Lipinski definition) is 6. The summed E-state index contributed by atoms with van der Waals surface area (Å²) in [4.78, 5) is 30.0. The van der Waals surface area contributed by atoms with E-state index in [0.717, 1.165) is 22.7 Å². The van der Waals surface area contributed by atoms with Crippen LogP contribution in [-0.4, -0.2) is 48.0 Å². The lowest BCUT2D eigenvalue weighted by atomic mass is 10.1. The number of nitrogens with two attached hydrogens (primary N) is 1. The van der Waals surface area contributed by atoms with Gasteiger partial charge >= 0.3 is 0 Å². The average molecular weight is 373 g/mol. The van der Waals surface area contributed by atoms with E-state index < -0.39 is 0 Å². The quantitative estimate of drug-likeness (QED) is 0.883. The first-order valence-corrected chi connectivity index (χ1v) is 9.41. The van der Waals surface area contributed by atoms with E-state index in [2.05, 4.69) is 4.98 Å². The molecule has 0 saturated carbocycles. The molecule has 4 rings (SSSR count). The Morgan fingerprint density at radius 3 is 2.88 bits per heavy atom. The first kappa shape index (κ1) is 16.8. The zero-order valence-electron chi connectivity index (χ0n) is 14.1. The van der Waals surface area contributed by atoms with Crippen LogP contribution in [0.25, 0.3) is 10.6 Å². The maximum atomic E-state index is 12.7. The summed E-state index contributed by atoms with van der Waals surface area (Å²) >= 11 is 1.42. The van der Waals surface area contributed by atoms with Crippen molar-refractivity contribution in [2.75, 3.05) is 26.3 Å². The van der Waals surface area contributed by atoms with Gasteiger partial charge in [-0.05, 0) is 30.5 Å². The van der Waals surface area contributed by atoms with Gasteiger partial charge in [-0.3, -0.25) is 9.59 Å². The highest BCUT2D eigenvalue weighted by Crippen LogP contribution is 2.35. The third-order valence-corrected chi connectivity index (χ3v) is 5.47. The van der Waals surface area contributed by atoms with Crippen molar-refractivity contribution in [3.63, 3.8) is 0 Å². The summed E-state index contributed by atoms with van der Waals surface area (Å²) in [5.74, 6) is 1.15. The Morgan fingerprint density at radius 2 is 2.08 bits per heavy atom. The highest BCUT2D eigenvalue weighted by Gasteiger charge is 2.29. The van der Waals surface area contributed by atoms with Crippen molar-refractivity contribution in [3.8, 4) is 22.1 Å². The Hall–Kier alpha value is -2.61. The minimum Gasteiger partial charge on any atom is -0.486 e. The Bertz CT molecular complexity index is 851. The predicted octanol–water partition coefficient (Wildman–Crippen LogP) is 1.92. The maximum absolute atomic E-state index is 12.7. The number of fused-ring (bicyclic) bond motifs is 1. The predicted molar refractivity (Wildman–Crippen MR) is 96.4 cm³/mol. The fourth-order valence-electron chi connectivity index (χ4n) is 3.31. The fourth-order valence-corrected chi connectivity index (χ4v) is 4.10. The molecule has 8 heteroatoms. The summed E-state index contributed by atoms with van der Waals surface area (Å²) in [6.45, 7) is 2.26. The van der Waals surface area contributed by atoms with Gasteiger partial charge in [-0.2, -0.15) is 0 Å². The van der Waals surface area contributed by atoms with Crippen molar-refractivity contribution in [1.82, 2.24) is 9.88 Å². The molecule has 0 radical (unpaired) electrons. The van der Waals surface area contributed by atoms with Gasteiger partial charge in [0.1, 0.15) is 23.9 Å². The van der Waals surface area contributed by atoms with Gasteiger partial charge < -0.3 is 20.1 Å². The first-order chi connectivity index (χ1) is 12.6. The van der Waals surface area contributed by atoms with Crippen LogP contribution in [0.3, 0.4) is 0 Å². The Labute approximate surface area is 154 Å². The van der Waals surface area contributed by atoms with E-state index in [1.165, 1.54) is 11.3 Å². The molecule has 1 aromatic carbocycles. The second-order valence-corrected chi connectivity index (χ2v) is 7.33. The molecule has 1 unspecified atom stereocenters. The normalized spacial score (nSPS) is 18.8. The lowest BCUT2D eigenvalue weighted by molar-refractivity contribution is -0.118. The molecular formula is C18H19N3O4S. The Kier molecular flexibility index (Phi) is 4.50. The van der Waals surface area contributed by atoms with Crippen LogP contribution in [0, 0.1) is 5.92 Å². The van der Waals surface area contributed by atoms with E-state index in [0.29, 0.717) is 44.2 Å². The molecule has 3 heterocycles. The number of nitrogens with zero attached hydrogens (tertiary/aromatic N) is 2. The topological polar surface area (TPSA) is 94.8 Å². The van der Waals surface area contributed by atoms with Crippen molar-refractivity contribution in [2.24, 2.45) is 11.7 Å². The van der Waals surface area contributed by atoms with Gasteiger partial charge in [0.05, 0.1) is 0 Å². The summed E-state index contributed by atoms with van der Waals surface area (Å²) in [5.41, 5.74) is 6.57. The number of carbonyl (C=O) groups excluding carboxylic acids is 2. The molecule has 2 N–H and O–H groups in total. The molecule has 1 fully saturated rings. The van der Waals surface area contributed by atoms with Crippen LogP contribution >= 0.6 is 11.3 Å². The van der Waals surface area contributed by atoms with E-state index in [1.807, 2.05) is 18.2 Å². The highest BCUT2D eigenvalue weighted by atomic mass is 32.1. The van der Waals surface area contributed by atoms with Gasteiger partial charge in [0.15, 0.2) is 11.5 Å². The molecule has 136 valence electrons. The number of hydrogen-bond donors (Lipinski definition) is 1. The average Bonchev–Trinajstić information content (AvgIpc) is 3.30. The number of likely N-dealkylation sites (tertiary alicyclic amines) is 1. The van der Waals surface area contributed by atoms with Crippen molar-refractivity contribution >= 4 is 23.2 Å². The summed E-state index contributed by atoms with van der Waals surface area (Å²) in [6, 6.07) is 5.67. The fraction of sp³-hybridized carbons (Fsp3) is 0.389. The minimum absolute atomic E-state index is 0.1000. The van der Waals surface area contributed by atoms with Crippen molar-refractivity contribution in [1.29, 1.82) is 0 Å². The molecule has 2 amide bonds. The number of primary amides is 1. The summed E-state index contributed by atoms with van der Waals surface area (Å²) in [5, 5.41) is 2.54. The van der Waals surface area contributed by atoms with E-state index in [4.69, 9.17) is 15.2 Å². The number of amides is 2. The zero-order chi connectivity index (χ0) is 18.1. The van der Waals surface area contributed by atoms with Gasteiger partial charge in [0.2, 0.25) is 5.91 Å². The molecule has 26 heavy (non-hydrogen) atoms. The largest absolute Gasteiger partial charge is 0.486 e. The molecule has 7 nitrogen and oxygen atoms in total. The van der Waals surface area contributed by atoms with Crippen LogP contribution in [0.15, 0.2) is 23.6 Å². The molecule has 1 saturated heterocycles. The molecular weight excluding hydrogens is 354 g/mol. The molecule has 0 aliphatic carbocycles. The molecule has 1 atom stereocenters. The van der Waals surface area contributed by atoms with Gasteiger partial charge in [-0.15, -0.1) is 11.3 Å². The van der Waals surface area contributed by atoms with E-state index in [1.54, 1.807) is 10.3 Å². The van der Waals surface area contributed by atoms with E-state index >= 15 is 0 Å². The lowest BCUT2D eigenvalue weighted by Gasteiger charge is -2.18. The van der Waals surface area contributed by atoms with Crippen LogP contribution in [-0.2, 0) is 4.79 Å². The number of aromatic nitrogens is 1. The van der Waals surface area contributed by atoms with Gasteiger partial charge in [-0.25, -0.2) is 4.98 Å². The Morgan fingerprint density at radius 1 is 1.27 bits per heavy atom. The lowest BCUT2D eigenvalue weighted by Crippen LogP contribution is -2.29. The van der Waals surface area contributed by atoms with Crippen molar-refractivity contribution in [2.45, 2.75) is 12.8 Å². The molecule has 0 spiro atoms. The molecule has 2 aliphatic heterocycles. The summed E-state index contributed by atoms with van der Waals surface area (Å²) in [6.07, 6.45) is 1.12. The highest BCUT2D eigenvalue weighted by molar-refractivity contribution is 7.13. The maximum Gasteiger partial charge on any atom is 0.273 e. The molecule has 2 aromatic rings. The molecule has 1 aromatic heterocycles. The minimum atomic E-state index is -0.321. The number of benzene rings is 1. The Balaban J connectivity index is 1.48. The second kappa shape index (κ2) is 6.95. The van der Waals surface area contributed by atoms with Gasteiger partial charge in [-0.1, -0.05) is 0 Å². The van der Waals surface area contributed by atoms with Crippen LogP contribution in [0.1, 0.15) is 23.3 Å². The summed E-state index contributed by atoms with van der Waals surface area (Å²) in [7, 11) is 0. The van der Waals surface area contributed by atoms with E-state index in [9.17, 15) is 9.59 Å². The standard InChI is InChI=1S/C18H19N3O4S/c19-16(22)7-11-3-4-21(9-11)18(23)13-10-26-17(20-13)12-1-2-14-15(8-12)25-6-5-24-14/h1-2,8,10-11H,3-7,9H2,(H2,19,22). The number of thiazole rings is 1. The van der Waals surface area contributed by atoms with Crippen molar-refractivity contribution in [3.05, 3.63) is 29.3 Å². The monoisotopic (exact) mass is 373 g/mol. The number of rotatable bonds is 4. The van der Waals surface area contributed by atoms with Gasteiger partial charge in [0, 0.05) is 30.5 Å². The SMILES string of the molecule is NC(=O)CC1CCN(C(=O)c2csc(-c3ccc4c(c3)OCCO4)n2)C1. The van der Waals surface area contributed by atoms with Gasteiger partial charge in [0.25, 0.3) is 5.91 Å². The third-order valence-electron chi connectivity index (χ3n) is 4.58. The first-order valence-electron chi connectivity index (χ1n) is 8.53. The number of ether oxygens (including phenoxy) is 2. The molecule has 2 aliphatic rings. The summed E-state index contributed by atoms with van der Waals surface area (Å²) < 4.78 is 11.1. The molecule has 0 bridgehead atoms. The van der Waals surface area contributed by atoms with Crippen molar-refractivity contribution < 1.29 is 19.1 Å². The third kappa shape index (κ3) is 3.37. The zero-order valence-corrected chi connectivity index (χ0v) is 15.0. The van der Waals surface area contributed by atoms with Crippen LogP contribution in [0.2, 0.25) is 0 Å². The van der Waals surface area contributed by atoms with Crippen LogP contribution < -0.4 is 15.2 Å². The second-order valence-electron chi connectivity index (χ2n) is 6.47. The number of carbonyl (C=O) groups is 2. The van der Waals surface area contributed by atoms with Crippen LogP contribution in [0.4, 0.5) is 0 Å².